The summed E-state index contributed by atoms with van der Waals surface area (Å²) >= 11 is 5.22. The lowest BCUT2D eigenvalue weighted by molar-refractivity contribution is 0.538. The molecular formula is C12H15BrN2S. The van der Waals surface area contributed by atoms with Crippen LogP contribution in [0.2, 0.25) is 0 Å². The summed E-state index contributed by atoms with van der Waals surface area (Å²) in [6, 6.07) is 8.82. The van der Waals surface area contributed by atoms with Gasteiger partial charge < -0.3 is 5.32 Å². The monoisotopic (exact) mass is 298 g/mol. The molecule has 0 aliphatic heterocycles. The molecule has 0 saturated carbocycles. The molecule has 0 fully saturated rings. The molecule has 2 aromatic rings. The first-order valence-electron chi connectivity index (χ1n) is 5.43. The quantitative estimate of drug-likeness (QED) is 0.854. The third-order valence-electron chi connectivity index (χ3n) is 2.48. The Labute approximate surface area is 108 Å². The van der Waals surface area contributed by atoms with Crippen LogP contribution in [0.25, 0.3) is 10.2 Å². The first-order chi connectivity index (χ1) is 7.79. The Morgan fingerprint density at radius 2 is 2.25 bits per heavy atom. The number of nitrogens with zero attached hydrogens (tertiary/aromatic N) is 1. The maximum atomic E-state index is 4.59. The SMILES string of the molecule is CC(CCBr)NCc1nc2ccccc2s1. The number of hydrogen-bond donors (Lipinski definition) is 1. The summed E-state index contributed by atoms with van der Waals surface area (Å²) in [5.41, 5.74) is 1.11. The Hall–Kier alpha value is -0.450. The van der Waals surface area contributed by atoms with Gasteiger partial charge in [0.25, 0.3) is 0 Å². The zero-order valence-corrected chi connectivity index (χ0v) is 11.6. The molecule has 1 N–H and O–H groups in total. The van der Waals surface area contributed by atoms with Crippen LogP contribution < -0.4 is 5.32 Å². The predicted molar refractivity (Wildman–Crippen MR) is 74.3 cm³/mol. The van der Waals surface area contributed by atoms with Crippen LogP contribution in [0.5, 0.6) is 0 Å². The molecule has 1 heterocycles. The smallest absolute Gasteiger partial charge is 0.108 e. The van der Waals surface area contributed by atoms with E-state index in [1.807, 2.05) is 6.07 Å². The van der Waals surface area contributed by atoms with E-state index in [-0.39, 0.29) is 0 Å². The predicted octanol–water partition coefficient (Wildman–Crippen LogP) is 3.56. The highest BCUT2D eigenvalue weighted by Crippen LogP contribution is 2.21. The molecule has 0 aliphatic carbocycles. The molecule has 1 aromatic carbocycles. The third kappa shape index (κ3) is 3.03. The molecule has 0 spiro atoms. The largest absolute Gasteiger partial charge is 0.308 e. The highest BCUT2D eigenvalue weighted by atomic mass is 79.9. The molecule has 1 aromatic heterocycles. The minimum atomic E-state index is 0.534. The highest BCUT2D eigenvalue weighted by molar-refractivity contribution is 9.09. The van der Waals surface area contributed by atoms with E-state index >= 15 is 0 Å². The molecule has 2 rings (SSSR count). The zero-order valence-electron chi connectivity index (χ0n) is 9.24. The third-order valence-corrected chi connectivity index (χ3v) is 3.98. The van der Waals surface area contributed by atoms with Gasteiger partial charge in [-0.2, -0.15) is 0 Å². The molecule has 0 aliphatic rings. The van der Waals surface area contributed by atoms with Gasteiger partial charge in [-0.15, -0.1) is 11.3 Å². The van der Waals surface area contributed by atoms with Crippen molar-refractivity contribution in [3.05, 3.63) is 29.3 Å². The second-order valence-electron chi connectivity index (χ2n) is 3.83. The fraction of sp³-hybridized carbons (Fsp3) is 0.417. The molecule has 0 radical (unpaired) electrons. The summed E-state index contributed by atoms with van der Waals surface area (Å²) < 4.78 is 1.27. The number of alkyl halides is 1. The molecular weight excluding hydrogens is 284 g/mol. The summed E-state index contributed by atoms with van der Waals surface area (Å²) in [5.74, 6) is 0. The lowest BCUT2D eigenvalue weighted by atomic mass is 10.3. The Balaban J connectivity index is 1.99. The summed E-state index contributed by atoms with van der Waals surface area (Å²) in [7, 11) is 0. The van der Waals surface area contributed by atoms with Gasteiger partial charge in [-0.05, 0) is 25.5 Å². The van der Waals surface area contributed by atoms with Crippen molar-refractivity contribution in [3.8, 4) is 0 Å². The van der Waals surface area contributed by atoms with E-state index in [1.165, 1.54) is 9.71 Å². The number of fused-ring (bicyclic) bond motifs is 1. The molecule has 0 amide bonds. The van der Waals surface area contributed by atoms with E-state index in [4.69, 9.17) is 0 Å². The van der Waals surface area contributed by atoms with Crippen LogP contribution >= 0.6 is 27.3 Å². The standard InChI is InChI=1S/C12H15BrN2S/c1-9(6-7-13)14-8-12-15-10-4-2-3-5-11(10)16-12/h2-5,9,14H,6-8H2,1H3. The summed E-state index contributed by atoms with van der Waals surface area (Å²) in [6.45, 7) is 3.07. The Kier molecular flexibility index (Phi) is 4.32. The van der Waals surface area contributed by atoms with Gasteiger partial charge in [0.15, 0.2) is 0 Å². The van der Waals surface area contributed by atoms with Gasteiger partial charge in [0.05, 0.1) is 10.2 Å². The molecule has 1 atom stereocenters. The van der Waals surface area contributed by atoms with Gasteiger partial charge in [-0.25, -0.2) is 4.98 Å². The second kappa shape index (κ2) is 5.75. The van der Waals surface area contributed by atoms with Crippen LogP contribution in [0.15, 0.2) is 24.3 Å². The minimum Gasteiger partial charge on any atom is -0.308 e. The van der Waals surface area contributed by atoms with Crippen molar-refractivity contribution < 1.29 is 0 Å². The van der Waals surface area contributed by atoms with E-state index in [0.717, 1.165) is 23.8 Å². The van der Waals surface area contributed by atoms with E-state index < -0.39 is 0 Å². The highest BCUT2D eigenvalue weighted by Gasteiger charge is 2.04. The number of thiazole rings is 1. The van der Waals surface area contributed by atoms with Crippen molar-refractivity contribution in [2.75, 3.05) is 5.33 Å². The number of rotatable bonds is 5. The van der Waals surface area contributed by atoms with Crippen LogP contribution in [0.1, 0.15) is 18.4 Å². The number of benzene rings is 1. The van der Waals surface area contributed by atoms with Crippen LogP contribution in [-0.4, -0.2) is 16.4 Å². The average molecular weight is 299 g/mol. The summed E-state index contributed by atoms with van der Waals surface area (Å²) in [4.78, 5) is 4.59. The van der Waals surface area contributed by atoms with Crippen LogP contribution in [0.4, 0.5) is 0 Å². The van der Waals surface area contributed by atoms with Gasteiger partial charge in [0.1, 0.15) is 5.01 Å². The first-order valence-corrected chi connectivity index (χ1v) is 7.37. The van der Waals surface area contributed by atoms with E-state index in [0.29, 0.717) is 6.04 Å². The Morgan fingerprint density at radius 1 is 1.44 bits per heavy atom. The average Bonchev–Trinajstić information content (AvgIpc) is 2.69. The van der Waals surface area contributed by atoms with Crippen molar-refractivity contribution in [2.45, 2.75) is 25.9 Å². The number of nitrogens with one attached hydrogen (secondary N) is 1. The van der Waals surface area contributed by atoms with Crippen molar-refractivity contribution in [3.63, 3.8) is 0 Å². The lowest BCUT2D eigenvalue weighted by Gasteiger charge is -2.09. The number of para-hydroxylation sites is 1. The van der Waals surface area contributed by atoms with Crippen molar-refractivity contribution in [1.82, 2.24) is 10.3 Å². The molecule has 0 saturated heterocycles. The van der Waals surface area contributed by atoms with Crippen molar-refractivity contribution in [1.29, 1.82) is 0 Å². The first kappa shape index (κ1) is 12.0. The summed E-state index contributed by atoms with van der Waals surface area (Å²) in [6.07, 6.45) is 1.14. The number of halogens is 1. The fourth-order valence-corrected chi connectivity index (χ4v) is 3.13. The second-order valence-corrected chi connectivity index (χ2v) is 5.74. The van der Waals surface area contributed by atoms with Crippen LogP contribution in [-0.2, 0) is 6.54 Å². The van der Waals surface area contributed by atoms with Crippen molar-refractivity contribution in [2.24, 2.45) is 0 Å². The van der Waals surface area contributed by atoms with Crippen molar-refractivity contribution >= 4 is 37.5 Å². The summed E-state index contributed by atoms with van der Waals surface area (Å²) in [5, 5.41) is 5.69. The van der Waals surface area contributed by atoms with E-state index in [9.17, 15) is 0 Å². The molecule has 86 valence electrons. The van der Waals surface area contributed by atoms with Gasteiger partial charge >= 0.3 is 0 Å². The van der Waals surface area contributed by atoms with Gasteiger partial charge in [-0.1, -0.05) is 28.1 Å². The molecule has 1 unspecified atom stereocenters. The Morgan fingerprint density at radius 3 is 3.00 bits per heavy atom. The lowest BCUT2D eigenvalue weighted by Crippen LogP contribution is -2.25. The maximum absolute atomic E-state index is 4.59. The van der Waals surface area contributed by atoms with Gasteiger partial charge in [0, 0.05) is 17.9 Å². The van der Waals surface area contributed by atoms with E-state index in [2.05, 4.69) is 51.4 Å². The zero-order chi connectivity index (χ0) is 11.4. The molecule has 4 heteroatoms. The normalized spacial score (nSPS) is 13.1. The van der Waals surface area contributed by atoms with Crippen LogP contribution in [0.3, 0.4) is 0 Å². The maximum Gasteiger partial charge on any atom is 0.108 e. The minimum absolute atomic E-state index is 0.534. The molecule has 2 nitrogen and oxygen atoms in total. The van der Waals surface area contributed by atoms with Crippen LogP contribution in [0, 0.1) is 0 Å². The van der Waals surface area contributed by atoms with Gasteiger partial charge in [0.2, 0.25) is 0 Å². The van der Waals surface area contributed by atoms with E-state index in [1.54, 1.807) is 11.3 Å². The van der Waals surface area contributed by atoms with Gasteiger partial charge in [-0.3, -0.25) is 0 Å². The topological polar surface area (TPSA) is 24.9 Å². The molecule has 0 bridgehead atoms. The number of aromatic nitrogens is 1. The fourth-order valence-electron chi connectivity index (χ4n) is 1.52. The number of hydrogen-bond acceptors (Lipinski definition) is 3. The Bertz CT molecular complexity index is 422. The molecule has 16 heavy (non-hydrogen) atoms.